The number of unbranched alkanes of at least 4 members (excludes halogenated alkanes) is 14. The largest absolute Gasteiger partial charge is 1.00 e. The van der Waals surface area contributed by atoms with Crippen LogP contribution in [0.4, 0.5) is 0 Å². The second-order valence-corrected chi connectivity index (χ2v) is 9.64. The molecule has 0 aliphatic rings. The fraction of sp³-hybridized carbons (Fsp3) is 0.893. The van der Waals surface area contributed by atoms with Crippen LogP contribution < -0.4 is 45.7 Å². The van der Waals surface area contributed by atoms with Crippen molar-refractivity contribution in [3.63, 3.8) is 0 Å². The average molecular weight is 538 g/mol. The fourth-order valence-electron chi connectivity index (χ4n) is 4.04. The van der Waals surface area contributed by atoms with E-state index in [1.807, 2.05) is 4.90 Å². The van der Waals surface area contributed by atoms with Crippen LogP contribution in [0, 0.1) is 0 Å². The Morgan fingerprint density at radius 1 is 0.757 bits per heavy atom. The molecule has 9 heteroatoms. The molecule has 0 aromatic rings. The van der Waals surface area contributed by atoms with Crippen molar-refractivity contribution in [3.8, 4) is 0 Å². The Kier molecular flexibility index (Phi) is 36.8. The van der Waals surface area contributed by atoms with Crippen molar-refractivity contribution in [1.82, 2.24) is 10.2 Å². The number of hydrogen-bond donors (Lipinski definition) is 3. The molecule has 1 amide bonds. The van der Waals surface area contributed by atoms with Crippen LogP contribution in [-0.2, 0) is 14.4 Å². The zero-order valence-corrected chi connectivity index (χ0v) is 26.4. The zero-order chi connectivity index (χ0) is 27.3. The van der Waals surface area contributed by atoms with Crippen molar-refractivity contribution >= 4 is 17.8 Å². The molecule has 0 saturated heterocycles. The monoisotopic (exact) mass is 537 g/mol. The van der Waals surface area contributed by atoms with Crippen LogP contribution in [0.5, 0.6) is 0 Å². The van der Waals surface area contributed by atoms with Gasteiger partial charge in [0.05, 0.1) is 6.54 Å². The number of amides is 1. The maximum atomic E-state index is 12.5. The molecule has 0 saturated carbocycles. The van der Waals surface area contributed by atoms with Crippen molar-refractivity contribution in [2.24, 2.45) is 5.73 Å². The van der Waals surface area contributed by atoms with Gasteiger partial charge in [-0.2, -0.15) is 0 Å². The first-order valence-corrected chi connectivity index (χ1v) is 14.4. The van der Waals surface area contributed by atoms with Crippen molar-refractivity contribution < 1.29 is 54.2 Å². The van der Waals surface area contributed by atoms with Gasteiger partial charge >= 0.3 is 35.5 Å². The molecule has 0 fully saturated rings. The minimum Gasteiger partial charge on any atom is -0.550 e. The summed E-state index contributed by atoms with van der Waals surface area (Å²) in [5, 5.41) is 20.4. The molecule has 37 heavy (non-hydrogen) atoms. The van der Waals surface area contributed by atoms with E-state index in [-0.39, 0.29) is 42.0 Å². The van der Waals surface area contributed by atoms with E-state index in [0.29, 0.717) is 32.6 Å². The number of carbonyl (C=O) groups is 3. The van der Waals surface area contributed by atoms with Gasteiger partial charge in [0.2, 0.25) is 5.91 Å². The number of carbonyl (C=O) groups excluding carboxylic acids is 2. The molecule has 0 aromatic heterocycles. The molecular weight excluding hydrogens is 481 g/mol. The van der Waals surface area contributed by atoms with Gasteiger partial charge in [0.1, 0.15) is 0 Å². The van der Waals surface area contributed by atoms with Crippen LogP contribution in [-0.4, -0.2) is 60.6 Å². The quantitative estimate of drug-likeness (QED) is 0.118. The third-order valence-electron chi connectivity index (χ3n) is 6.04. The second-order valence-electron chi connectivity index (χ2n) is 9.64. The maximum Gasteiger partial charge on any atom is 1.00 e. The van der Waals surface area contributed by atoms with Gasteiger partial charge in [0, 0.05) is 25.5 Å². The molecule has 0 radical (unpaired) electrons. The number of hydrogen-bond acceptors (Lipinski definition) is 6. The minimum absolute atomic E-state index is 0. The minimum atomic E-state index is -1.08. The number of nitrogens with zero attached hydrogens (tertiary/aromatic N) is 1. The van der Waals surface area contributed by atoms with Crippen LogP contribution in [0.2, 0.25) is 0 Å². The molecule has 0 spiro atoms. The van der Waals surface area contributed by atoms with Gasteiger partial charge in [-0.05, 0) is 39.3 Å². The standard InChI is InChI=1S/C26H53N3O3.C2H4O2.Na/c1-2-3-4-5-6-7-8-9-10-11-12-13-14-15-16-19-25(30)29(22-17-20-27)23-18-21-28-24-26(31)32;1-2(3)4;/h28H,2-24,27H2,1H3,(H,31,32);1H3,(H,3,4);/q;;+1/p-1. The van der Waals surface area contributed by atoms with E-state index in [1.165, 1.54) is 83.5 Å². The Bertz CT molecular complexity index is 520. The molecule has 0 aromatic carbocycles. The van der Waals surface area contributed by atoms with Gasteiger partial charge < -0.3 is 31.0 Å². The molecule has 0 heterocycles. The average Bonchev–Trinajstić information content (AvgIpc) is 2.82. The first-order valence-electron chi connectivity index (χ1n) is 14.4. The normalized spacial score (nSPS) is 10.2. The van der Waals surface area contributed by atoms with Crippen molar-refractivity contribution in [1.29, 1.82) is 0 Å². The Balaban J connectivity index is -0.00000214. The van der Waals surface area contributed by atoms with Gasteiger partial charge in [-0.15, -0.1) is 0 Å². The first-order chi connectivity index (χ1) is 17.3. The van der Waals surface area contributed by atoms with Crippen LogP contribution >= 0.6 is 0 Å². The van der Waals surface area contributed by atoms with E-state index in [9.17, 15) is 9.59 Å². The molecular formula is C28H56N3NaO5. The summed E-state index contributed by atoms with van der Waals surface area (Å²) >= 11 is 0. The number of rotatable bonds is 25. The van der Waals surface area contributed by atoms with Crippen molar-refractivity contribution in [2.75, 3.05) is 32.7 Å². The Labute approximate surface area is 249 Å². The molecule has 4 N–H and O–H groups in total. The van der Waals surface area contributed by atoms with Gasteiger partial charge in [-0.25, -0.2) is 0 Å². The molecule has 0 unspecified atom stereocenters. The number of aliphatic carboxylic acids is 2. The molecule has 0 aliphatic carbocycles. The van der Waals surface area contributed by atoms with Crippen molar-refractivity contribution in [2.45, 2.75) is 129 Å². The van der Waals surface area contributed by atoms with E-state index in [4.69, 9.17) is 20.7 Å². The van der Waals surface area contributed by atoms with Crippen LogP contribution in [0.1, 0.15) is 129 Å². The third-order valence-corrected chi connectivity index (χ3v) is 6.04. The van der Waals surface area contributed by atoms with Crippen LogP contribution in [0.15, 0.2) is 0 Å². The van der Waals surface area contributed by atoms with Crippen LogP contribution in [0.25, 0.3) is 0 Å². The van der Waals surface area contributed by atoms with Gasteiger partial charge in [-0.1, -0.05) is 96.8 Å². The second kappa shape index (κ2) is 33.4. The molecule has 8 nitrogen and oxygen atoms in total. The molecule has 0 atom stereocenters. The zero-order valence-electron chi connectivity index (χ0n) is 24.4. The summed E-state index contributed by atoms with van der Waals surface area (Å²) in [5.41, 5.74) is 5.61. The predicted molar refractivity (Wildman–Crippen MR) is 146 cm³/mol. The Morgan fingerprint density at radius 2 is 1.16 bits per heavy atom. The van der Waals surface area contributed by atoms with Gasteiger partial charge in [0.15, 0.2) is 0 Å². The van der Waals surface area contributed by atoms with Crippen molar-refractivity contribution in [3.05, 3.63) is 0 Å². The number of carboxylic acid groups (broad SMARTS) is 2. The van der Waals surface area contributed by atoms with E-state index in [2.05, 4.69) is 12.2 Å². The summed E-state index contributed by atoms with van der Waals surface area (Å²) in [7, 11) is 0. The van der Waals surface area contributed by atoms with Gasteiger partial charge in [0.25, 0.3) is 0 Å². The molecule has 214 valence electrons. The number of nitrogens with one attached hydrogen (secondary N) is 1. The van der Waals surface area contributed by atoms with E-state index >= 15 is 0 Å². The molecule has 0 rings (SSSR count). The van der Waals surface area contributed by atoms with E-state index in [0.717, 1.165) is 32.6 Å². The number of nitrogens with two attached hydrogens (primary N) is 1. The van der Waals surface area contributed by atoms with E-state index < -0.39 is 11.9 Å². The summed E-state index contributed by atoms with van der Waals surface area (Å²) in [6, 6.07) is 0. The summed E-state index contributed by atoms with van der Waals surface area (Å²) < 4.78 is 0. The topological polar surface area (TPSA) is 136 Å². The maximum absolute atomic E-state index is 12.5. The van der Waals surface area contributed by atoms with E-state index in [1.54, 1.807) is 0 Å². The fourth-order valence-corrected chi connectivity index (χ4v) is 4.04. The first kappa shape index (κ1) is 40.8. The van der Waals surface area contributed by atoms with Crippen LogP contribution in [0.3, 0.4) is 0 Å². The Morgan fingerprint density at radius 3 is 1.57 bits per heavy atom. The number of carboxylic acids is 2. The predicted octanol–water partition coefficient (Wildman–Crippen LogP) is 1.25. The summed E-state index contributed by atoms with van der Waals surface area (Å²) in [5.74, 6) is -1.72. The van der Waals surface area contributed by atoms with Gasteiger partial charge in [-0.3, -0.25) is 9.59 Å². The smallest absolute Gasteiger partial charge is 0.550 e. The summed E-state index contributed by atoms with van der Waals surface area (Å²) in [4.78, 5) is 33.8. The third kappa shape index (κ3) is 37.5. The molecule has 0 bridgehead atoms. The summed E-state index contributed by atoms with van der Waals surface area (Å²) in [6.07, 6.45) is 22.1. The molecule has 0 aliphatic heterocycles. The SMILES string of the molecule is CC(=O)[O-].CCCCCCCCCCCCCCCCCC(=O)N(CCCN)CCCNCC(=O)O.[Na+]. The Hall–Kier alpha value is -0.670. The summed E-state index contributed by atoms with van der Waals surface area (Å²) in [6.45, 7) is 5.78.